The molecule has 0 aliphatic heterocycles. The van der Waals surface area contributed by atoms with Crippen LogP contribution in [0.1, 0.15) is 0 Å². The van der Waals surface area contributed by atoms with Crippen molar-refractivity contribution in [3.05, 3.63) is 182 Å². The Balaban J connectivity index is 1.37. The molecule has 0 aliphatic rings. The number of fused-ring (bicyclic) bond motifs is 1. The van der Waals surface area contributed by atoms with Crippen LogP contribution in [0.15, 0.2) is 182 Å². The molecule has 0 atom stereocenters. The van der Waals surface area contributed by atoms with Crippen molar-refractivity contribution in [3.8, 4) is 67.3 Å². The van der Waals surface area contributed by atoms with Crippen LogP contribution in [0.4, 0.5) is 0 Å². The predicted octanol–water partition coefficient (Wildman–Crippen LogP) is 11.6. The van der Waals surface area contributed by atoms with Gasteiger partial charge in [0.05, 0.1) is 22.8 Å². The van der Waals surface area contributed by atoms with E-state index in [-0.39, 0.29) is 0 Å². The maximum absolute atomic E-state index is 5.14. The van der Waals surface area contributed by atoms with Gasteiger partial charge in [-0.3, -0.25) is 0 Å². The van der Waals surface area contributed by atoms with Gasteiger partial charge < -0.3 is 0 Å². The lowest BCUT2D eigenvalue weighted by Crippen LogP contribution is -1.94. The number of pyridine rings is 2. The fourth-order valence-electron chi connectivity index (χ4n) is 6.13. The maximum Gasteiger partial charge on any atom is 0.0715 e. The van der Waals surface area contributed by atoms with Crippen molar-refractivity contribution in [2.45, 2.75) is 0 Å². The number of aromatic nitrogens is 2. The third-order valence-corrected chi connectivity index (χ3v) is 8.44. The smallest absolute Gasteiger partial charge is 0.0715 e. The summed E-state index contributed by atoms with van der Waals surface area (Å²) < 4.78 is 0. The molecule has 2 nitrogen and oxygen atoms in total. The van der Waals surface area contributed by atoms with Gasteiger partial charge in [-0.15, -0.1) is 0 Å². The van der Waals surface area contributed by atoms with Crippen molar-refractivity contribution in [1.29, 1.82) is 0 Å². The van der Waals surface area contributed by atoms with Gasteiger partial charge in [0.15, 0.2) is 0 Å². The summed E-state index contributed by atoms with van der Waals surface area (Å²) in [4.78, 5) is 10.3. The first kappa shape index (κ1) is 27.4. The van der Waals surface area contributed by atoms with Crippen LogP contribution in [0.5, 0.6) is 0 Å². The topological polar surface area (TPSA) is 25.8 Å². The Bertz CT molecular complexity index is 2160. The number of hydrogen-bond donors (Lipinski definition) is 0. The van der Waals surface area contributed by atoms with E-state index in [0.717, 1.165) is 61.7 Å². The number of rotatable bonds is 6. The van der Waals surface area contributed by atoms with Crippen molar-refractivity contribution < 1.29 is 0 Å². The highest BCUT2D eigenvalue weighted by Crippen LogP contribution is 2.39. The first-order valence-corrected chi connectivity index (χ1v) is 15.6. The summed E-state index contributed by atoms with van der Waals surface area (Å²) in [6, 6.07) is 63.9. The molecule has 0 bridgehead atoms. The molecule has 8 rings (SSSR count). The van der Waals surface area contributed by atoms with Gasteiger partial charge in [-0.1, -0.05) is 146 Å². The van der Waals surface area contributed by atoms with E-state index in [1.807, 2.05) is 24.3 Å². The van der Waals surface area contributed by atoms with Crippen LogP contribution in [0, 0.1) is 0 Å². The van der Waals surface area contributed by atoms with Crippen molar-refractivity contribution >= 4 is 10.8 Å². The highest BCUT2D eigenvalue weighted by Gasteiger charge is 2.15. The highest BCUT2D eigenvalue weighted by molar-refractivity contribution is 6.01. The Morgan fingerprint density at radius 3 is 1.04 bits per heavy atom. The van der Waals surface area contributed by atoms with Crippen LogP contribution in [0.3, 0.4) is 0 Å². The zero-order valence-electron chi connectivity index (χ0n) is 25.2. The van der Waals surface area contributed by atoms with Gasteiger partial charge in [-0.05, 0) is 69.4 Å². The van der Waals surface area contributed by atoms with E-state index >= 15 is 0 Å². The number of nitrogens with zero attached hydrogens (tertiary/aromatic N) is 2. The summed E-state index contributed by atoms with van der Waals surface area (Å²) in [6.07, 6.45) is 0. The monoisotopic (exact) mass is 586 g/mol. The lowest BCUT2D eigenvalue weighted by Gasteiger charge is -2.15. The molecule has 216 valence electrons. The van der Waals surface area contributed by atoms with E-state index in [2.05, 4.69) is 158 Å². The van der Waals surface area contributed by atoms with Crippen molar-refractivity contribution in [2.24, 2.45) is 0 Å². The van der Waals surface area contributed by atoms with Gasteiger partial charge in [0.2, 0.25) is 0 Å². The zero-order valence-corrected chi connectivity index (χ0v) is 25.2. The molecule has 0 spiro atoms. The van der Waals surface area contributed by atoms with Crippen molar-refractivity contribution in [2.75, 3.05) is 0 Å². The molecule has 0 saturated heterocycles. The number of hydrogen-bond acceptors (Lipinski definition) is 2. The van der Waals surface area contributed by atoms with Crippen molar-refractivity contribution in [3.63, 3.8) is 0 Å². The summed E-state index contributed by atoms with van der Waals surface area (Å²) in [5.74, 6) is 0. The molecule has 0 amide bonds. The SMILES string of the molecule is c1ccc(-c2cc(-c3cc(-c4cc(-c5ccccc5)nc(-c5ccccc5)c4)c4ccccc4c3)cc(-c3ccccc3)n2)cc1. The van der Waals surface area contributed by atoms with Crippen LogP contribution in [0.25, 0.3) is 78.1 Å². The zero-order chi connectivity index (χ0) is 30.7. The summed E-state index contributed by atoms with van der Waals surface area (Å²) in [6.45, 7) is 0. The van der Waals surface area contributed by atoms with E-state index in [4.69, 9.17) is 9.97 Å². The summed E-state index contributed by atoms with van der Waals surface area (Å²) in [5.41, 5.74) is 12.8. The van der Waals surface area contributed by atoms with Crippen molar-refractivity contribution in [1.82, 2.24) is 9.97 Å². The Morgan fingerprint density at radius 1 is 0.261 bits per heavy atom. The Hall–Kier alpha value is -6.12. The van der Waals surface area contributed by atoms with Crippen LogP contribution in [0.2, 0.25) is 0 Å². The van der Waals surface area contributed by atoms with Crippen LogP contribution < -0.4 is 0 Å². The molecule has 0 radical (unpaired) electrons. The molecule has 0 unspecified atom stereocenters. The molecular weight excluding hydrogens is 556 g/mol. The average Bonchev–Trinajstić information content (AvgIpc) is 3.15. The van der Waals surface area contributed by atoms with E-state index in [1.165, 1.54) is 16.3 Å². The van der Waals surface area contributed by atoms with Gasteiger partial charge in [0, 0.05) is 22.3 Å². The molecule has 46 heavy (non-hydrogen) atoms. The lowest BCUT2D eigenvalue weighted by atomic mass is 9.91. The third kappa shape index (κ3) is 5.49. The van der Waals surface area contributed by atoms with Gasteiger partial charge in [-0.25, -0.2) is 9.97 Å². The second-order valence-corrected chi connectivity index (χ2v) is 11.5. The van der Waals surface area contributed by atoms with Crippen LogP contribution in [-0.2, 0) is 0 Å². The van der Waals surface area contributed by atoms with Crippen LogP contribution >= 0.6 is 0 Å². The fraction of sp³-hybridized carbons (Fsp3) is 0. The standard InChI is InChI=1S/C44H30N2/c1-5-15-31(16-6-1)41-27-37(28-42(45-41)32-17-7-2-8-18-32)36-25-35-23-13-14-24-39(35)40(26-36)38-29-43(33-19-9-3-10-20-33)46-44(30-38)34-21-11-4-12-22-34/h1-30H. The Morgan fingerprint density at radius 2 is 0.609 bits per heavy atom. The fourth-order valence-corrected chi connectivity index (χ4v) is 6.13. The first-order valence-electron chi connectivity index (χ1n) is 15.6. The Labute approximate surface area is 269 Å². The molecule has 0 fully saturated rings. The molecule has 2 aromatic heterocycles. The normalized spacial score (nSPS) is 11.0. The molecule has 0 aliphatic carbocycles. The molecule has 2 heterocycles. The minimum Gasteiger partial charge on any atom is -0.248 e. The minimum absolute atomic E-state index is 0.952. The van der Waals surface area contributed by atoms with Gasteiger partial charge >= 0.3 is 0 Å². The molecule has 2 heteroatoms. The van der Waals surface area contributed by atoms with Gasteiger partial charge in [0.25, 0.3) is 0 Å². The van der Waals surface area contributed by atoms with Gasteiger partial charge in [-0.2, -0.15) is 0 Å². The van der Waals surface area contributed by atoms with E-state index in [9.17, 15) is 0 Å². The molecule has 6 aromatic carbocycles. The largest absolute Gasteiger partial charge is 0.248 e. The third-order valence-electron chi connectivity index (χ3n) is 8.44. The second kappa shape index (κ2) is 12.1. The molecule has 0 saturated carbocycles. The summed E-state index contributed by atoms with van der Waals surface area (Å²) >= 11 is 0. The quantitative estimate of drug-likeness (QED) is 0.194. The van der Waals surface area contributed by atoms with E-state index in [1.54, 1.807) is 0 Å². The summed E-state index contributed by atoms with van der Waals surface area (Å²) in [5, 5.41) is 2.39. The minimum atomic E-state index is 0.952. The molecular formula is C44H30N2. The summed E-state index contributed by atoms with van der Waals surface area (Å²) in [7, 11) is 0. The second-order valence-electron chi connectivity index (χ2n) is 11.5. The van der Waals surface area contributed by atoms with E-state index < -0.39 is 0 Å². The first-order chi connectivity index (χ1) is 22.8. The van der Waals surface area contributed by atoms with Crippen LogP contribution in [-0.4, -0.2) is 9.97 Å². The van der Waals surface area contributed by atoms with E-state index in [0.29, 0.717) is 0 Å². The van der Waals surface area contributed by atoms with Gasteiger partial charge in [0.1, 0.15) is 0 Å². The highest BCUT2D eigenvalue weighted by atomic mass is 14.7. The molecule has 0 N–H and O–H groups in total. The Kier molecular flexibility index (Phi) is 7.22. The predicted molar refractivity (Wildman–Crippen MR) is 192 cm³/mol. The average molecular weight is 587 g/mol. The number of benzene rings is 6. The molecule has 8 aromatic rings. The maximum atomic E-state index is 5.14. The lowest BCUT2D eigenvalue weighted by molar-refractivity contribution is 1.32.